The van der Waals surface area contributed by atoms with Gasteiger partial charge in [0.05, 0.1) is 15.6 Å². The van der Waals surface area contributed by atoms with Crippen molar-refractivity contribution in [2.24, 2.45) is 0 Å². The molecule has 5 nitrogen and oxygen atoms in total. The first-order valence-corrected chi connectivity index (χ1v) is 8.15. The normalized spacial score (nSPS) is 11.2. The quantitative estimate of drug-likeness (QED) is 0.607. The minimum absolute atomic E-state index is 0.0275. The second-order valence-corrected chi connectivity index (χ2v) is 6.77. The van der Waals surface area contributed by atoms with Crippen LogP contribution in [0.1, 0.15) is 12.0 Å². The van der Waals surface area contributed by atoms with Gasteiger partial charge in [0.25, 0.3) is 5.69 Å². The lowest BCUT2D eigenvalue weighted by Crippen LogP contribution is -2.07. The third-order valence-corrected chi connectivity index (χ3v) is 4.94. The van der Waals surface area contributed by atoms with Crippen molar-refractivity contribution in [1.29, 1.82) is 0 Å². The summed E-state index contributed by atoms with van der Waals surface area (Å²) in [6, 6.07) is 14.7. The molecule has 6 heteroatoms. The van der Waals surface area contributed by atoms with Gasteiger partial charge in [0, 0.05) is 12.1 Å². The summed E-state index contributed by atoms with van der Waals surface area (Å²) >= 11 is 0. The van der Waals surface area contributed by atoms with Crippen LogP contribution in [0.3, 0.4) is 0 Å². The van der Waals surface area contributed by atoms with E-state index in [0.717, 1.165) is 5.56 Å². The average Bonchev–Trinajstić information content (AvgIpc) is 2.48. The Morgan fingerprint density at radius 1 is 0.952 bits per heavy atom. The second-order valence-electron chi connectivity index (χ2n) is 4.66. The van der Waals surface area contributed by atoms with Crippen molar-refractivity contribution in [1.82, 2.24) is 0 Å². The van der Waals surface area contributed by atoms with E-state index in [0.29, 0.717) is 12.8 Å². The summed E-state index contributed by atoms with van der Waals surface area (Å²) in [4.78, 5) is 10.1. The van der Waals surface area contributed by atoms with Gasteiger partial charge in [-0.25, -0.2) is 8.42 Å². The van der Waals surface area contributed by atoms with Crippen LogP contribution in [-0.2, 0) is 16.3 Å². The Hall–Kier alpha value is -2.21. The molecule has 2 aromatic carbocycles. The first-order chi connectivity index (χ1) is 9.99. The maximum Gasteiger partial charge on any atom is 0.269 e. The van der Waals surface area contributed by atoms with Crippen LogP contribution in [0.5, 0.6) is 0 Å². The SMILES string of the molecule is O=[N+]([O-])c1ccc(S(=O)(=O)CCCc2ccccc2)cc1. The van der Waals surface area contributed by atoms with E-state index in [-0.39, 0.29) is 16.3 Å². The Bertz CT molecular complexity index is 709. The number of hydrogen-bond acceptors (Lipinski definition) is 4. The van der Waals surface area contributed by atoms with E-state index in [2.05, 4.69) is 0 Å². The number of benzene rings is 2. The summed E-state index contributed by atoms with van der Waals surface area (Å²) < 4.78 is 24.3. The predicted octanol–water partition coefficient (Wildman–Crippen LogP) is 3.00. The van der Waals surface area contributed by atoms with Gasteiger partial charge in [-0.05, 0) is 30.5 Å². The molecule has 0 spiro atoms. The largest absolute Gasteiger partial charge is 0.269 e. The van der Waals surface area contributed by atoms with Gasteiger partial charge in [0.2, 0.25) is 0 Å². The van der Waals surface area contributed by atoms with Gasteiger partial charge < -0.3 is 0 Å². The Morgan fingerprint density at radius 2 is 1.57 bits per heavy atom. The van der Waals surface area contributed by atoms with Crippen LogP contribution in [-0.4, -0.2) is 19.1 Å². The fourth-order valence-corrected chi connectivity index (χ4v) is 3.31. The van der Waals surface area contributed by atoms with Gasteiger partial charge >= 0.3 is 0 Å². The van der Waals surface area contributed by atoms with E-state index in [1.807, 2.05) is 30.3 Å². The molecule has 0 saturated heterocycles. The molecule has 0 saturated carbocycles. The molecular weight excluding hydrogens is 290 g/mol. The van der Waals surface area contributed by atoms with E-state index in [1.165, 1.54) is 24.3 Å². The van der Waals surface area contributed by atoms with E-state index >= 15 is 0 Å². The molecule has 0 radical (unpaired) electrons. The van der Waals surface area contributed by atoms with E-state index < -0.39 is 14.8 Å². The molecule has 2 rings (SSSR count). The maximum absolute atomic E-state index is 12.1. The Morgan fingerprint density at radius 3 is 2.14 bits per heavy atom. The number of rotatable bonds is 6. The molecule has 0 aliphatic rings. The van der Waals surface area contributed by atoms with Crippen molar-refractivity contribution in [3.8, 4) is 0 Å². The summed E-state index contributed by atoms with van der Waals surface area (Å²) in [6.45, 7) is 0. The minimum atomic E-state index is -3.40. The molecule has 0 unspecified atom stereocenters. The van der Waals surface area contributed by atoms with E-state index in [9.17, 15) is 18.5 Å². The molecule has 0 bridgehead atoms. The Balaban J connectivity index is 2.00. The van der Waals surface area contributed by atoms with Gasteiger partial charge in [-0.1, -0.05) is 30.3 Å². The van der Waals surface area contributed by atoms with Crippen LogP contribution in [0.4, 0.5) is 5.69 Å². The first kappa shape index (κ1) is 15.2. The van der Waals surface area contributed by atoms with Crippen molar-refractivity contribution in [3.05, 3.63) is 70.3 Å². The predicted molar refractivity (Wildman–Crippen MR) is 79.9 cm³/mol. The topological polar surface area (TPSA) is 77.3 Å². The second kappa shape index (κ2) is 6.49. The number of hydrogen-bond donors (Lipinski definition) is 0. The molecule has 21 heavy (non-hydrogen) atoms. The standard InChI is InChI=1S/C15H15NO4S/c17-16(18)14-8-10-15(11-9-14)21(19,20)12-4-7-13-5-2-1-3-6-13/h1-3,5-6,8-11H,4,7,12H2. The molecule has 0 atom stereocenters. The van der Waals surface area contributed by atoms with Crippen molar-refractivity contribution in [3.63, 3.8) is 0 Å². The lowest BCUT2D eigenvalue weighted by Gasteiger charge is -2.04. The van der Waals surface area contributed by atoms with Crippen molar-refractivity contribution < 1.29 is 13.3 Å². The summed E-state index contributed by atoms with van der Waals surface area (Å²) in [5.41, 5.74) is 0.981. The number of aryl methyl sites for hydroxylation is 1. The molecule has 0 N–H and O–H groups in total. The summed E-state index contributed by atoms with van der Waals surface area (Å²) in [7, 11) is -3.40. The third kappa shape index (κ3) is 4.13. The van der Waals surface area contributed by atoms with Gasteiger partial charge in [0.15, 0.2) is 9.84 Å². The van der Waals surface area contributed by atoms with Gasteiger partial charge in [-0.2, -0.15) is 0 Å². The minimum Gasteiger partial charge on any atom is -0.258 e. The lowest BCUT2D eigenvalue weighted by atomic mass is 10.1. The highest BCUT2D eigenvalue weighted by Gasteiger charge is 2.15. The number of non-ortho nitro benzene ring substituents is 1. The van der Waals surface area contributed by atoms with Crippen LogP contribution < -0.4 is 0 Å². The third-order valence-electron chi connectivity index (χ3n) is 3.13. The molecular formula is C15H15NO4S. The molecule has 0 amide bonds. The van der Waals surface area contributed by atoms with Crippen LogP contribution in [0, 0.1) is 10.1 Å². The van der Waals surface area contributed by atoms with Crippen LogP contribution in [0.2, 0.25) is 0 Å². The van der Waals surface area contributed by atoms with Crippen LogP contribution >= 0.6 is 0 Å². The maximum atomic E-state index is 12.1. The number of nitro benzene ring substituents is 1. The molecule has 0 fully saturated rings. The molecule has 0 heterocycles. The smallest absolute Gasteiger partial charge is 0.258 e. The van der Waals surface area contributed by atoms with Crippen LogP contribution in [0.25, 0.3) is 0 Å². The van der Waals surface area contributed by atoms with Gasteiger partial charge in [-0.15, -0.1) is 0 Å². The lowest BCUT2D eigenvalue weighted by molar-refractivity contribution is -0.384. The average molecular weight is 305 g/mol. The fraction of sp³-hybridized carbons (Fsp3) is 0.200. The first-order valence-electron chi connectivity index (χ1n) is 6.50. The Labute approximate surface area is 123 Å². The molecule has 0 aromatic heterocycles. The monoisotopic (exact) mass is 305 g/mol. The van der Waals surface area contributed by atoms with Gasteiger partial charge in [-0.3, -0.25) is 10.1 Å². The zero-order valence-corrected chi connectivity index (χ0v) is 12.1. The van der Waals surface area contributed by atoms with Crippen molar-refractivity contribution in [2.75, 3.05) is 5.75 Å². The summed E-state index contributed by atoms with van der Waals surface area (Å²) in [5.74, 6) is 0.0275. The zero-order chi connectivity index (χ0) is 15.3. The van der Waals surface area contributed by atoms with Gasteiger partial charge in [0.1, 0.15) is 0 Å². The number of nitrogens with zero attached hydrogens (tertiary/aromatic N) is 1. The number of nitro groups is 1. The highest BCUT2D eigenvalue weighted by atomic mass is 32.2. The molecule has 2 aromatic rings. The summed E-state index contributed by atoms with van der Waals surface area (Å²) in [6.07, 6.45) is 1.20. The van der Waals surface area contributed by atoms with E-state index in [1.54, 1.807) is 0 Å². The Kier molecular flexibility index (Phi) is 4.70. The zero-order valence-electron chi connectivity index (χ0n) is 11.3. The molecule has 0 aliphatic heterocycles. The van der Waals surface area contributed by atoms with Crippen LogP contribution in [0.15, 0.2) is 59.5 Å². The molecule has 0 aliphatic carbocycles. The van der Waals surface area contributed by atoms with E-state index in [4.69, 9.17) is 0 Å². The highest BCUT2D eigenvalue weighted by molar-refractivity contribution is 7.91. The fourth-order valence-electron chi connectivity index (χ4n) is 2.00. The number of sulfone groups is 1. The highest BCUT2D eigenvalue weighted by Crippen LogP contribution is 2.18. The summed E-state index contributed by atoms with van der Waals surface area (Å²) in [5, 5.41) is 10.5. The molecule has 110 valence electrons. The van der Waals surface area contributed by atoms with Crippen molar-refractivity contribution >= 4 is 15.5 Å². The van der Waals surface area contributed by atoms with Crippen molar-refractivity contribution in [2.45, 2.75) is 17.7 Å².